The Morgan fingerprint density at radius 3 is 2.53 bits per heavy atom. The molecule has 0 aromatic heterocycles. The van der Waals surface area contributed by atoms with Gasteiger partial charge in [-0.05, 0) is 30.7 Å². The van der Waals surface area contributed by atoms with E-state index in [1.165, 1.54) is 6.07 Å². The summed E-state index contributed by atoms with van der Waals surface area (Å²) in [5, 5.41) is 11.9. The number of hydrogen-bond donors (Lipinski definition) is 3. The molecule has 0 saturated carbocycles. The highest BCUT2D eigenvalue weighted by molar-refractivity contribution is 7.89. The Morgan fingerprint density at radius 2 is 1.90 bits per heavy atom. The second-order valence-electron chi connectivity index (χ2n) is 7.13. The highest BCUT2D eigenvalue weighted by Gasteiger charge is 2.26. The molecule has 0 spiro atoms. The van der Waals surface area contributed by atoms with Crippen molar-refractivity contribution < 1.29 is 17.9 Å². The maximum Gasteiger partial charge on any atom is 0.254 e. The molecule has 30 heavy (non-hydrogen) atoms. The lowest BCUT2D eigenvalue weighted by atomic mass is 10.1. The molecule has 0 radical (unpaired) electrons. The Morgan fingerprint density at radius 1 is 1.20 bits per heavy atom. The van der Waals surface area contributed by atoms with Gasteiger partial charge in [-0.15, -0.1) is 0 Å². The fourth-order valence-electron chi connectivity index (χ4n) is 3.23. The third-order valence-electron chi connectivity index (χ3n) is 4.82. The van der Waals surface area contributed by atoms with Gasteiger partial charge in [-0.2, -0.15) is 0 Å². The number of sulfonamides is 1. The van der Waals surface area contributed by atoms with Gasteiger partial charge < -0.3 is 20.3 Å². The second-order valence-corrected chi connectivity index (χ2v) is 8.66. The molecule has 0 unspecified atom stereocenters. The van der Waals surface area contributed by atoms with Crippen LogP contribution in [0.5, 0.6) is 11.5 Å². The summed E-state index contributed by atoms with van der Waals surface area (Å²) in [5.74, 6) is 0.338. The first-order valence-corrected chi connectivity index (χ1v) is 11.6. The van der Waals surface area contributed by atoms with Crippen molar-refractivity contribution in [2.45, 2.75) is 24.7 Å². The summed E-state index contributed by atoms with van der Waals surface area (Å²) in [5.41, 5.74) is 0.692. The molecule has 0 aliphatic carbocycles. The van der Waals surface area contributed by atoms with Gasteiger partial charge >= 0.3 is 0 Å². The van der Waals surface area contributed by atoms with Crippen molar-refractivity contribution in [3.05, 3.63) is 48.0 Å². The molecular formula is C21H28N4O4S. The summed E-state index contributed by atoms with van der Waals surface area (Å²) in [6.07, 6.45) is 1.84. The molecule has 1 saturated heterocycles. The number of ether oxygens (including phenoxy) is 1. The van der Waals surface area contributed by atoms with Crippen LogP contribution < -0.4 is 20.5 Å². The number of rotatable bonds is 8. The number of piperazine rings is 1. The number of anilines is 1. The Hall–Kier alpha value is -2.62. The van der Waals surface area contributed by atoms with Crippen molar-refractivity contribution in [2.75, 3.05) is 38.0 Å². The minimum absolute atomic E-state index is 0.0941. The summed E-state index contributed by atoms with van der Waals surface area (Å²) in [4.78, 5) is 14.5. The van der Waals surface area contributed by atoms with Gasteiger partial charge in [0.25, 0.3) is 5.91 Å². The zero-order valence-corrected chi connectivity index (χ0v) is 17.9. The van der Waals surface area contributed by atoms with Gasteiger partial charge in [-0.1, -0.05) is 31.5 Å². The Kier molecular flexibility index (Phi) is 7.30. The topological polar surface area (TPSA) is 114 Å². The monoisotopic (exact) mass is 432 g/mol. The van der Waals surface area contributed by atoms with Crippen LogP contribution >= 0.6 is 0 Å². The van der Waals surface area contributed by atoms with Crippen molar-refractivity contribution >= 4 is 21.6 Å². The quantitative estimate of drug-likeness (QED) is 0.552. The number of benzene rings is 2. The van der Waals surface area contributed by atoms with Crippen LogP contribution in [-0.4, -0.2) is 51.9 Å². The Labute approximate surface area is 177 Å². The SMILES string of the molecule is CCCCNc1cc(C(=O)N2CCNCC2)cc(S(N)(=O)=O)c1Oc1ccccc1. The minimum atomic E-state index is -4.14. The van der Waals surface area contributed by atoms with Crippen LogP contribution in [0.3, 0.4) is 0 Å². The third-order valence-corrected chi connectivity index (χ3v) is 5.74. The largest absolute Gasteiger partial charge is 0.454 e. The van der Waals surface area contributed by atoms with E-state index in [9.17, 15) is 13.2 Å². The van der Waals surface area contributed by atoms with Crippen molar-refractivity contribution in [2.24, 2.45) is 5.14 Å². The molecule has 0 bridgehead atoms. The van der Waals surface area contributed by atoms with Crippen LogP contribution in [0, 0.1) is 0 Å². The summed E-state index contributed by atoms with van der Waals surface area (Å²) < 4.78 is 30.7. The van der Waals surface area contributed by atoms with E-state index in [0.717, 1.165) is 12.8 Å². The maximum atomic E-state index is 13.0. The number of nitrogens with zero attached hydrogens (tertiary/aromatic N) is 1. The van der Waals surface area contributed by atoms with Gasteiger partial charge in [0.15, 0.2) is 5.75 Å². The second kappa shape index (κ2) is 9.92. The number of unbranched alkanes of at least 4 members (excludes halogenated alkanes) is 1. The molecule has 1 amide bonds. The molecule has 1 heterocycles. The molecule has 2 aromatic carbocycles. The lowest BCUT2D eigenvalue weighted by molar-refractivity contribution is 0.0735. The van der Waals surface area contributed by atoms with Crippen molar-refractivity contribution in [3.8, 4) is 11.5 Å². The van der Waals surface area contributed by atoms with Crippen LogP contribution in [0.2, 0.25) is 0 Å². The lowest BCUT2D eigenvalue weighted by Gasteiger charge is -2.28. The molecule has 1 fully saturated rings. The predicted octanol–water partition coefficient (Wildman–Crippen LogP) is 2.38. The highest BCUT2D eigenvalue weighted by atomic mass is 32.2. The summed E-state index contributed by atoms with van der Waals surface area (Å²) in [6.45, 7) is 5.18. The maximum absolute atomic E-state index is 13.0. The Balaban J connectivity index is 2.07. The van der Waals surface area contributed by atoms with E-state index >= 15 is 0 Å². The fourth-order valence-corrected chi connectivity index (χ4v) is 3.93. The summed E-state index contributed by atoms with van der Waals surface area (Å²) >= 11 is 0. The molecule has 1 aliphatic rings. The third kappa shape index (κ3) is 5.50. The minimum Gasteiger partial charge on any atom is -0.454 e. The molecule has 9 heteroatoms. The lowest BCUT2D eigenvalue weighted by Crippen LogP contribution is -2.46. The molecular weight excluding hydrogens is 404 g/mol. The molecule has 2 aromatic rings. The predicted molar refractivity (Wildman–Crippen MR) is 117 cm³/mol. The van der Waals surface area contributed by atoms with Gasteiger partial charge in [0, 0.05) is 38.3 Å². The van der Waals surface area contributed by atoms with Crippen LogP contribution in [0.15, 0.2) is 47.4 Å². The number of carbonyl (C=O) groups excluding carboxylic acids is 1. The van der Waals surface area contributed by atoms with E-state index in [2.05, 4.69) is 17.6 Å². The highest BCUT2D eigenvalue weighted by Crippen LogP contribution is 2.37. The fraction of sp³-hybridized carbons (Fsp3) is 0.381. The normalized spacial score (nSPS) is 14.4. The number of para-hydroxylation sites is 1. The standard InChI is InChI=1S/C21H28N4O4S/c1-2-3-9-24-18-14-16(21(26)25-12-10-23-11-13-25)15-19(30(22,27)28)20(18)29-17-7-5-4-6-8-17/h4-8,14-15,23-24H,2-3,9-13H2,1H3,(H2,22,27,28). The Bertz CT molecular complexity index is 974. The smallest absolute Gasteiger partial charge is 0.254 e. The van der Waals surface area contributed by atoms with Gasteiger partial charge in [0.1, 0.15) is 10.6 Å². The first-order valence-electron chi connectivity index (χ1n) is 10.1. The van der Waals surface area contributed by atoms with E-state index in [0.29, 0.717) is 44.2 Å². The number of nitrogens with two attached hydrogens (primary N) is 1. The average molecular weight is 433 g/mol. The average Bonchev–Trinajstić information content (AvgIpc) is 2.75. The summed E-state index contributed by atoms with van der Waals surface area (Å²) in [7, 11) is -4.14. The van der Waals surface area contributed by atoms with Crippen molar-refractivity contribution in [3.63, 3.8) is 0 Å². The summed E-state index contributed by atoms with van der Waals surface area (Å²) in [6, 6.07) is 11.8. The van der Waals surface area contributed by atoms with Gasteiger partial charge in [0.05, 0.1) is 5.69 Å². The number of primary sulfonamides is 1. The first-order chi connectivity index (χ1) is 14.4. The molecule has 0 atom stereocenters. The van der Waals surface area contributed by atoms with Crippen LogP contribution in [0.25, 0.3) is 0 Å². The van der Waals surface area contributed by atoms with E-state index in [1.54, 1.807) is 35.2 Å². The van der Waals surface area contributed by atoms with Crippen molar-refractivity contribution in [1.82, 2.24) is 10.2 Å². The first kappa shape index (κ1) is 22.1. The number of hydrogen-bond acceptors (Lipinski definition) is 6. The van der Waals surface area contributed by atoms with E-state index < -0.39 is 10.0 Å². The van der Waals surface area contributed by atoms with Gasteiger partial charge in [-0.25, -0.2) is 13.6 Å². The molecule has 4 N–H and O–H groups in total. The zero-order valence-electron chi connectivity index (χ0n) is 17.1. The van der Waals surface area contributed by atoms with Crippen LogP contribution in [0.4, 0.5) is 5.69 Å². The molecule has 8 nitrogen and oxygen atoms in total. The number of nitrogens with one attached hydrogen (secondary N) is 2. The van der Waals surface area contributed by atoms with Gasteiger partial charge in [-0.3, -0.25) is 4.79 Å². The number of amides is 1. The number of carbonyl (C=O) groups is 1. The van der Waals surface area contributed by atoms with Gasteiger partial charge in [0.2, 0.25) is 10.0 Å². The zero-order chi connectivity index (χ0) is 21.6. The molecule has 3 rings (SSSR count). The van der Waals surface area contributed by atoms with E-state index in [4.69, 9.17) is 9.88 Å². The molecule has 162 valence electrons. The van der Waals surface area contributed by atoms with E-state index in [-0.39, 0.29) is 22.1 Å². The van der Waals surface area contributed by atoms with E-state index in [1.807, 2.05) is 6.07 Å². The van der Waals surface area contributed by atoms with Crippen molar-refractivity contribution in [1.29, 1.82) is 0 Å². The van der Waals surface area contributed by atoms with Crippen LogP contribution in [-0.2, 0) is 10.0 Å². The molecule has 1 aliphatic heterocycles. The van der Waals surface area contributed by atoms with Crippen LogP contribution in [0.1, 0.15) is 30.1 Å².